The molecule has 0 aromatic carbocycles. The minimum absolute atomic E-state index is 0.237. The van der Waals surface area contributed by atoms with E-state index in [1.54, 1.807) is 0 Å². The van der Waals surface area contributed by atoms with Crippen LogP contribution in [-0.4, -0.2) is 37.6 Å². The maximum absolute atomic E-state index is 9.06. The molecule has 0 saturated carbocycles. The maximum Gasteiger partial charge on any atom is 0.0808 e. The number of hydrogen-bond acceptors (Lipinski definition) is 3. The zero-order valence-corrected chi connectivity index (χ0v) is 32.3. The first-order chi connectivity index (χ1) is 23.3. The van der Waals surface area contributed by atoms with Gasteiger partial charge in [-0.1, -0.05) is 173 Å². The molecule has 1 unspecified atom stereocenters. The number of aliphatic hydroxyl groups is 1. The number of allylic oxidation sites excluding steroid dienone is 4. The van der Waals surface area contributed by atoms with E-state index in [4.69, 9.17) is 14.6 Å². The molecule has 3 nitrogen and oxygen atoms in total. The highest BCUT2D eigenvalue weighted by Gasteiger charge is 2.09. The molecule has 0 heterocycles. The lowest BCUT2D eigenvalue weighted by atomic mass is 10.1. The van der Waals surface area contributed by atoms with Gasteiger partial charge < -0.3 is 14.6 Å². The molecule has 1 N–H and O–H groups in total. The van der Waals surface area contributed by atoms with Gasteiger partial charge in [0.25, 0.3) is 0 Å². The lowest BCUT2D eigenvalue weighted by molar-refractivity contribution is -0.0235. The van der Waals surface area contributed by atoms with Crippen LogP contribution >= 0.6 is 0 Å². The monoisotopic (exact) mass is 663 g/mol. The summed E-state index contributed by atoms with van der Waals surface area (Å²) in [5.41, 5.74) is 0. The van der Waals surface area contributed by atoms with Crippen LogP contribution in [0.1, 0.15) is 226 Å². The Balaban J connectivity index is 3.72. The fraction of sp³-hybridized carbons (Fsp3) is 0.909. The molecule has 0 aliphatic rings. The van der Waals surface area contributed by atoms with E-state index in [0.29, 0.717) is 6.61 Å². The van der Waals surface area contributed by atoms with Crippen molar-refractivity contribution in [1.82, 2.24) is 0 Å². The zero-order chi connectivity index (χ0) is 34.0. The summed E-state index contributed by atoms with van der Waals surface area (Å²) in [6.45, 7) is 7.39. The summed E-state index contributed by atoms with van der Waals surface area (Å²) in [7, 11) is 0. The van der Waals surface area contributed by atoms with Crippen LogP contribution in [0.15, 0.2) is 24.3 Å². The van der Waals surface area contributed by atoms with Crippen LogP contribution in [-0.2, 0) is 9.47 Å². The molecule has 1 atom stereocenters. The summed E-state index contributed by atoms with van der Waals surface area (Å²) < 4.78 is 12.4. The van der Waals surface area contributed by atoms with Gasteiger partial charge in [0.1, 0.15) is 0 Å². The van der Waals surface area contributed by atoms with Crippen LogP contribution in [0.2, 0.25) is 0 Å². The first-order valence-corrected chi connectivity index (χ1v) is 21.4. The van der Waals surface area contributed by atoms with E-state index in [-0.39, 0.29) is 6.10 Å². The van der Waals surface area contributed by atoms with Crippen molar-refractivity contribution in [3.05, 3.63) is 24.3 Å². The highest BCUT2D eigenvalue weighted by atomic mass is 16.5. The Labute approximate surface area is 296 Å². The molecule has 0 aliphatic heterocycles. The van der Waals surface area contributed by atoms with E-state index in [1.165, 1.54) is 193 Å². The molecule has 0 amide bonds. The summed E-state index contributed by atoms with van der Waals surface area (Å²) in [5.74, 6) is 0. The SMILES string of the molecule is CCCCCCCC/C=C\CCCCCCCCOCC(CCCCCCO)OCCCCCCCC/C=C\CCCCCCCC. The third-order valence-electron chi connectivity index (χ3n) is 9.55. The van der Waals surface area contributed by atoms with E-state index < -0.39 is 0 Å². The van der Waals surface area contributed by atoms with Crippen molar-refractivity contribution in [2.24, 2.45) is 0 Å². The lowest BCUT2D eigenvalue weighted by Crippen LogP contribution is -2.21. The van der Waals surface area contributed by atoms with Gasteiger partial charge in [0.15, 0.2) is 0 Å². The molecule has 0 fully saturated rings. The van der Waals surface area contributed by atoms with Crippen molar-refractivity contribution >= 4 is 0 Å². The van der Waals surface area contributed by atoms with E-state index in [2.05, 4.69) is 38.2 Å². The number of aliphatic hydroxyl groups excluding tert-OH is 1. The van der Waals surface area contributed by atoms with Crippen molar-refractivity contribution in [2.75, 3.05) is 26.4 Å². The van der Waals surface area contributed by atoms with Gasteiger partial charge in [-0.05, 0) is 77.0 Å². The third kappa shape index (κ3) is 41.4. The normalized spacial score (nSPS) is 12.7. The largest absolute Gasteiger partial charge is 0.396 e. The van der Waals surface area contributed by atoms with Gasteiger partial charge in [-0.2, -0.15) is 0 Å². The second-order valence-electron chi connectivity index (χ2n) is 14.4. The van der Waals surface area contributed by atoms with Crippen LogP contribution in [0.25, 0.3) is 0 Å². The topological polar surface area (TPSA) is 38.7 Å². The minimum Gasteiger partial charge on any atom is -0.396 e. The van der Waals surface area contributed by atoms with Crippen molar-refractivity contribution in [1.29, 1.82) is 0 Å². The predicted molar refractivity (Wildman–Crippen MR) is 210 cm³/mol. The average Bonchev–Trinajstić information content (AvgIpc) is 3.08. The van der Waals surface area contributed by atoms with Crippen LogP contribution in [0.5, 0.6) is 0 Å². The van der Waals surface area contributed by atoms with Crippen molar-refractivity contribution in [3.63, 3.8) is 0 Å². The average molecular weight is 663 g/mol. The smallest absolute Gasteiger partial charge is 0.0808 e. The summed E-state index contributed by atoms with van der Waals surface area (Å²) in [6.07, 6.45) is 53.0. The van der Waals surface area contributed by atoms with Gasteiger partial charge in [0.2, 0.25) is 0 Å². The Morgan fingerprint density at radius 3 is 1.21 bits per heavy atom. The molecule has 0 spiro atoms. The van der Waals surface area contributed by atoms with Gasteiger partial charge in [-0.25, -0.2) is 0 Å². The van der Waals surface area contributed by atoms with Crippen molar-refractivity contribution in [2.45, 2.75) is 232 Å². The molecule has 0 aromatic rings. The molecule has 0 saturated heterocycles. The first-order valence-electron chi connectivity index (χ1n) is 21.4. The number of hydrogen-bond donors (Lipinski definition) is 1. The molecule has 3 heteroatoms. The Morgan fingerprint density at radius 2 is 0.766 bits per heavy atom. The standard InChI is InChI=1S/C44H86O3/c1-3-5-7-9-11-13-15-17-19-21-23-25-27-29-33-37-41-46-43-44(39-35-31-32-36-40-45)47-42-38-34-30-28-26-24-22-20-18-16-14-12-10-8-6-4-2/h17-20,44-45H,3-16,21-43H2,1-2H3/b19-17-,20-18-. The number of ether oxygens (including phenoxy) is 2. The Hall–Kier alpha value is -0.640. The molecule has 0 rings (SSSR count). The van der Waals surface area contributed by atoms with Crippen LogP contribution in [0.3, 0.4) is 0 Å². The highest BCUT2D eigenvalue weighted by Crippen LogP contribution is 2.14. The molecular weight excluding hydrogens is 576 g/mol. The second kappa shape index (κ2) is 43.4. The predicted octanol–water partition coefficient (Wildman–Crippen LogP) is 14.4. The lowest BCUT2D eigenvalue weighted by Gasteiger charge is -2.18. The van der Waals surface area contributed by atoms with Gasteiger partial charge in [-0.15, -0.1) is 0 Å². The third-order valence-corrected chi connectivity index (χ3v) is 9.55. The van der Waals surface area contributed by atoms with Gasteiger partial charge in [-0.3, -0.25) is 0 Å². The molecule has 0 aliphatic carbocycles. The van der Waals surface area contributed by atoms with Gasteiger partial charge in [0.05, 0.1) is 12.7 Å². The fourth-order valence-electron chi connectivity index (χ4n) is 6.32. The zero-order valence-electron chi connectivity index (χ0n) is 32.3. The van der Waals surface area contributed by atoms with E-state index in [1.807, 2.05) is 0 Å². The van der Waals surface area contributed by atoms with Gasteiger partial charge in [0, 0.05) is 19.8 Å². The first kappa shape index (κ1) is 46.4. The van der Waals surface area contributed by atoms with E-state index >= 15 is 0 Å². The molecule has 280 valence electrons. The van der Waals surface area contributed by atoms with Crippen LogP contribution in [0.4, 0.5) is 0 Å². The van der Waals surface area contributed by atoms with E-state index in [9.17, 15) is 0 Å². The molecule has 0 radical (unpaired) electrons. The summed E-state index contributed by atoms with van der Waals surface area (Å²) in [5, 5.41) is 9.06. The summed E-state index contributed by atoms with van der Waals surface area (Å²) >= 11 is 0. The number of unbranched alkanes of at least 4 members (excludes halogenated alkanes) is 27. The molecule has 47 heavy (non-hydrogen) atoms. The van der Waals surface area contributed by atoms with Crippen molar-refractivity contribution in [3.8, 4) is 0 Å². The Bertz CT molecular complexity index is 601. The van der Waals surface area contributed by atoms with Crippen LogP contribution < -0.4 is 0 Å². The maximum atomic E-state index is 9.06. The van der Waals surface area contributed by atoms with Crippen molar-refractivity contribution < 1.29 is 14.6 Å². The summed E-state index contributed by atoms with van der Waals surface area (Å²) in [6, 6.07) is 0. The molecule has 0 aromatic heterocycles. The number of rotatable bonds is 41. The quantitative estimate of drug-likeness (QED) is 0.0523. The highest BCUT2D eigenvalue weighted by molar-refractivity contribution is 4.82. The minimum atomic E-state index is 0.237. The van der Waals surface area contributed by atoms with Gasteiger partial charge >= 0.3 is 0 Å². The summed E-state index contributed by atoms with van der Waals surface area (Å²) in [4.78, 5) is 0. The molecular formula is C44H86O3. The fourth-order valence-corrected chi connectivity index (χ4v) is 6.32. The Morgan fingerprint density at radius 1 is 0.404 bits per heavy atom. The second-order valence-corrected chi connectivity index (χ2v) is 14.4. The molecule has 0 bridgehead atoms. The van der Waals surface area contributed by atoms with E-state index in [0.717, 1.165) is 39.1 Å². The van der Waals surface area contributed by atoms with Crippen LogP contribution in [0, 0.1) is 0 Å². The Kier molecular flexibility index (Phi) is 42.8.